The minimum Gasteiger partial charge on any atom is -0.437 e. The maximum atomic E-state index is 12.8. The molecule has 98 valence electrons. The molecule has 2 aromatic heterocycles. The Kier molecular flexibility index (Phi) is 2.92. The second-order valence-corrected chi connectivity index (χ2v) is 4.32. The number of hydrogen-bond acceptors (Lipinski definition) is 2. The molecule has 0 amide bonds. The quantitative estimate of drug-likeness (QED) is 0.844. The zero-order chi connectivity index (χ0) is 13.5. The molecule has 0 unspecified atom stereocenters. The largest absolute Gasteiger partial charge is 0.437 e. The van der Waals surface area contributed by atoms with Gasteiger partial charge in [-0.2, -0.15) is 13.2 Å². The molecular formula is C11H13F3N3O+. The van der Waals surface area contributed by atoms with Crippen molar-refractivity contribution in [2.24, 2.45) is 7.05 Å². The normalized spacial score (nSPS) is 12.4. The third kappa shape index (κ3) is 2.12. The third-order valence-electron chi connectivity index (χ3n) is 2.53. The van der Waals surface area contributed by atoms with Crippen LogP contribution in [0.2, 0.25) is 0 Å². The van der Waals surface area contributed by atoms with E-state index in [1.165, 1.54) is 6.20 Å². The summed E-state index contributed by atoms with van der Waals surface area (Å²) in [5, 5.41) is 0. The van der Waals surface area contributed by atoms with E-state index in [0.717, 1.165) is 0 Å². The van der Waals surface area contributed by atoms with Gasteiger partial charge in [0, 0.05) is 5.92 Å². The van der Waals surface area contributed by atoms with E-state index in [4.69, 9.17) is 4.42 Å². The van der Waals surface area contributed by atoms with Gasteiger partial charge in [-0.1, -0.05) is 13.8 Å². The average Bonchev–Trinajstić information content (AvgIpc) is 2.81. The van der Waals surface area contributed by atoms with Crippen LogP contribution in [0, 0.1) is 0 Å². The molecule has 1 N–H and O–H groups in total. The SMILES string of the molecule is CC(C)c1oc(-c2c[nH]c[n+]2C)nc1C(F)(F)F. The number of hydrogen-bond donors (Lipinski definition) is 1. The molecule has 0 spiro atoms. The van der Waals surface area contributed by atoms with Gasteiger partial charge in [0.2, 0.25) is 12.0 Å². The van der Waals surface area contributed by atoms with Crippen LogP contribution in [0.1, 0.15) is 31.2 Å². The predicted octanol–water partition coefficient (Wildman–Crippen LogP) is 2.64. The number of aryl methyl sites for hydroxylation is 1. The fourth-order valence-electron chi connectivity index (χ4n) is 1.65. The van der Waals surface area contributed by atoms with Crippen molar-refractivity contribution in [2.75, 3.05) is 0 Å². The molecule has 0 aromatic carbocycles. The summed E-state index contributed by atoms with van der Waals surface area (Å²) in [4.78, 5) is 6.35. The first-order valence-electron chi connectivity index (χ1n) is 5.41. The summed E-state index contributed by atoms with van der Waals surface area (Å²) in [7, 11) is 1.69. The molecule has 0 aliphatic carbocycles. The van der Waals surface area contributed by atoms with E-state index in [2.05, 4.69) is 9.97 Å². The molecule has 4 nitrogen and oxygen atoms in total. The van der Waals surface area contributed by atoms with Crippen molar-refractivity contribution in [1.29, 1.82) is 0 Å². The van der Waals surface area contributed by atoms with E-state index in [-0.39, 0.29) is 17.6 Å². The lowest BCUT2D eigenvalue weighted by Gasteiger charge is -2.06. The van der Waals surface area contributed by atoms with Gasteiger partial charge >= 0.3 is 6.18 Å². The van der Waals surface area contributed by atoms with Crippen molar-refractivity contribution in [2.45, 2.75) is 25.9 Å². The van der Waals surface area contributed by atoms with Gasteiger partial charge in [-0.25, -0.2) is 14.5 Å². The lowest BCUT2D eigenvalue weighted by atomic mass is 10.1. The van der Waals surface area contributed by atoms with Crippen LogP contribution in [-0.4, -0.2) is 9.97 Å². The maximum Gasteiger partial charge on any atom is 0.436 e. The number of alkyl halides is 3. The molecule has 18 heavy (non-hydrogen) atoms. The van der Waals surface area contributed by atoms with Gasteiger partial charge < -0.3 is 4.42 Å². The summed E-state index contributed by atoms with van der Waals surface area (Å²) in [6.07, 6.45) is -1.37. The topological polar surface area (TPSA) is 45.7 Å². The van der Waals surface area contributed by atoms with Gasteiger partial charge in [-0.15, -0.1) is 0 Å². The summed E-state index contributed by atoms with van der Waals surface area (Å²) in [5.74, 6) is -0.555. The molecule has 0 atom stereocenters. The Morgan fingerprint density at radius 1 is 1.39 bits per heavy atom. The summed E-state index contributed by atoms with van der Waals surface area (Å²) in [6, 6.07) is 0. The van der Waals surface area contributed by atoms with Gasteiger partial charge in [-0.3, -0.25) is 0 Å². The Bertz CT molecular complexity index is 554. The van der Waals surface area contributed by atoms with Crippen molar-refractivity contribution < 1.29 is 22.2 Å². The number of nitrogens with one attached hydrogen (secondary N) is 1. The van der Waals surface area contributed by atoms with Crippen molar-refractivity contribution >= 4 is 0 Å². The van der Waals surface area contributed by atoms with Crippen molar-refractivity contribution in [1.82, 2.24) is 9.97 Å². The van der Waals surface area contributed by atoms with Crippen LogP contribution in [-0.2, 0) is 13.2 Å². The molecule has 2 aromatic rings. The van der Waals surface area contributed by atoms with Crippen molar-refractivity contribution in [3.63, 3.8) is 0 Å². The van der Waals surface area contributed by atoms with Crippen LogP contribution in [0.25, 0.3) is 11.6 Å². The van der Waals surface area contributed by atoms with Crippen LogP contribution in [0.15, 0.2) is 16.9 Å². The average molecular weight is 260 g/mol. The Morgan fingerprint density at radius 3 is 2.44 bits per heavy atom. The number of aromatic amines is 1. The highest BCUT2D eigenvalue weighted by Gasteiger charge is 2.40. The van der Waals surface area contributed by atoms with E-state index >= 15 is 0 Å². The Labute approximate surface area is 101 Å². The number of halogens is 3. The molecule has 0 bridgehead atoms. The Hall–Kier alpha value is -1.79. The van der Waals surface area contributed by atoms with Gasteiger partial charge in [-0.05, 0) is 0 Å². The lowest BCUT2D eigenvalue weighted by molar-refractivity contribution is -0.659. The van der Waals surface area contributed by atoms with Crippen LogP contribution in [0.4, 0.5) is 13.2 Å². The molecule has 7 heteroatoms. The molecule has 0 saturated heterocycles. The monoisotopic (exact) mass is 260 g/mol. The van der Waals surface area contributed by atoms with Gasteiger partial charge in [0.1, 0.15) is 12.0 Å². The molecule has 0 fully saturated rings. The van der Waals surface area contributed by atoms with E-state index < -0.39 is 11.9 Å². The highest BCUT2D eigenvalue weighted by molar-refractivity contribution is 5.42. The fourth-order valence-corrected chi connectivity index (χ4v) is 1.65. The number of H-pyrrole nitrogens is 1. The smallest absolute Gasteiger partial charge is 0.436 e. The second kappa shape index (κ2) is 4.15. The third-order valence-corrected chi connectivity index (χ3v) is 2.53. The molecule has 0 aliphatic heterocycles. The summed E-state index contributed by atoms with van der Waals surface area (Å²) >= 11 is 0. The van der Waals surface area contributed by atoms with Crippen LogP contribution < -0.4 is 4.57 Å². The minimum absolute atomic E-state index is 0.0326. The second-order valence-electron chi connectivity index (χ2n) is 4.32. The molecule has 2 heterocycles. The van der Waals surface area contributed by atoms with Crippen LogP contribution in [0.3, 0.4) is 0 Å². The number of rotatable bonds is 2. The summed E-state index contributed by atoms with van der Waals surface area (Å²) < 4.78 is 45.3. The Balaban J connectivity index is 2.57. The van der Waals surface area contributed by atoms with Crippen molar-refractivity contribution in [3.05, 3.63) is 24.0 Å². The zero-order valence-corrected chi connectivity index (χ0v) is 10.2. The molecule has 0 radical (unpaired) electrons. The molecular weight excluding hydrogens is 247 g/mol. The summed E-state index contributed by atoms with van der Waals surface area (Å²) in [6.45, 7) is 3.27. The van der Waals surface area contributed by atoms with Gasteiger partial charge in [0.25, 0.3) is 5.89 Å². The molecule has 2 rings (SSSR count). The first-order chi connectivity index (χ1) is 8.30. The number of imidazole rings is 1. The van der Waals surface area contributed by atoms with E-state index in [9.17, 15) is 13.2 Å². The highest BCUT2D eigenvalue weighted by atomic mass is 19.4. The molecule has 0 aliphatic rings. The lowest BCUT2D eigenvalue weighted by Crippen LogP contribution is -2.27. The van der Waals surface area contributed by atoms with Crippen LogP contribution in [0.5, 0.6) is 0 Å². The van der Waals surface area contributed by atoms with E-state index in [1.54, 1.807) is 31.8 Å². The predicted molar refractivity (Wildman–Crippen MR) is 56.6 cm³/mol. The van der Waals surface area contributed by atoms with Crippen LogP contribution >= 0.6 is 0 Å². The maximum absolute atomic E-state index is 12.8. The highest BCUT2D eigenvalue weighted by Crippen LogP contribution is 2.36. The first-order valence-corrected chi connectivity index (χ1v) is 5.41. The van der Waals surface area contributed by atoms with E-state index in [0.29, 0.717) is 5.69 Å². The summed E-state index contributed by atoms with van der Waals surface area (Å²) in [5.41, 5.74) is -0.485. The molecule has 0 saturated carbocycles. The fraction of sp³-hybridized carbons (Fsp3) is 0.455. The number of oxazole rings is 1. The number of nitrogens with zero attached hydrogens (tertiary/aromatic N) is 2. The zero-order valence-electron chi connectivity index (χ0n) is 10.2. The van der Waals surface area contributed by atoms with Gasteiger partial charge in [0.15, 0.2) is 5.69 Å². The Morgan fingerprint density at radius 2 is 2.06 bits per heavy atom. The van der Waals surface area contributed by atoms with Gasteiger partial charge in [0.05, 0.1) is 7.05 Å². The van der Waals surface area contributed by atoms with E-state index in [1.807, 2.05) is 0 Å². The van der Waals surface area contributed by atoms with Crippen molar-refractivity contribution in [3.8, 4) is 11.6 Å². The number of aromatic nitrogens is 3. The minimum atomic E-state index is -4.50. The first kappa shape index (κ1) is 12.7. The standard InChI is InChI=1S/C11H12F3N3O/c1-6(2)8-9(11(12,13)14)16-10(18-8)7-4-15-5-17(7)3/h4-6H,1-3H3/p+1.